The monoisotopic (exact) mass is 317 g/mol. The molecule has 0 atom stereocenters. The summed E-state index contributed by atoms with van der Waals surface area (Å²) in [5.41, 5.74) is 0.163. The van der Waals surface area contributed by atoms with E-state index in [9.17, 15) is 14.4 Å². The van der Waals surface area contributed by atoms with Crippen molar-refractivity contribution in [1.29, 1.82) is 0 Å². The summed E-state index contributed by atoms with van der Waals surface area (Å²) in [5.74, 6) is -1.37. The first-order valence-electron chi connectivity index (χ1n) is 5.58. The quantitative estimate of drug-likeness (QED) is 0.798. The van der Waals surface area contributed by atoms with Crippen molar-refractivity contribution in [3.05, 3.63) is 33.8 Å². The molecule has 1 aliphatic heterocycles. The van der Waals surface area contributed by atoms with Crippen LogP contribution in [-0.2, 0) is 14.3 Å². The average molecular weight is 318 g/mol. The van der Waals surface area contributed by atoms with Gasteiger partial charge in [-0.05, 0) is 18.2 Å². The zero-order valence-corrected chi connectivity index (χ0v) is 11.6. The Labute approximate surface area is 124 Å². The van der Waals surface area contributed by atoms with Crippen LogP contribution in [0.3, 0.4) is 0 Å². The van der Waals surface area contributed by atoms with Crippen molar-refractivity contribution >= 4 is 41.2 Å². The van der Waals surface area contributed by atoms with Gasteiger partial charge in [0.05, 0.1) is 22.2 Å². The molecule has 0 aliphatic carbocycles. The van der Waals surface area contributed by atoms with Crippen molar-refractivity contribution in [2.24, 2.45) is 0 Å². The molecule has 0 radical (unpaired) electrons. The molecule has 1 fully saturated rings. The number of cyclic esters (lactones) is 1. The summed E-state index contributed by atoms with van der Waals surface area (Å²) < 4.78 is 9.41. The third-order valence-corrected chi connectivity index (χ3v) is 3.28. The van der Waals surface area contributed by atoms with Gasteiger partial charge in [-0.3, -0.25) is 4.79 Å². The molecule has 2 rings (SSSR count). The van der Waals surface area contributed by atoms with Gasteiger partial charge in [0, 0.05) is 0 Å². The lowest BCUT2D eigenvalue weighted by atomic mass is 10.2. The Bertz CT molecular complexity index is 575. The molecule has 6 nitrogen and oxygen atoms in total. The maximum atomic E-state index is 11.7. The van der Waals surface area contributed by atoms with E-state index in [0.717, 1.165) is 4.90 Å². The highest BCUT2D eigenvalue weighted by molar-refractivity contribution is 6.42. The molecule has 1 saturated heterocycles. The van der Waals surface area contributed by atoms with Crippen LogP contribution in [0.4, 0.5) is 4.79 Å². The minimum atomic E-state index is -0.736. The molecule has 0 spiro atoms. The number of carbonyl (C=O) groups excluding carboxylic acids is 3. The lowest BCUT2D eigenvalue weighted by Gasteiger charge is -2.10. The zero-order valence-electron chi connectivity index (χ0n) is 10.1. The fourth-order valence-corrected chi connectivity index (χ4v) is 1.83. The van der Waals surface area contributed by atoms with Crippen molar-refractivity contribution in [1.82, 2.24) is 4.90 Å². The number of carbonyl (C=O) groups is 3. The maximum Gasteiger partial charge on any atom is 0.416 e. The van der Waals surface area contributed by atoms with E-state index in [1.165, 1.54) is 18.2 Å². The van der Waals surface area contributed by atoms with Crippen LogP contribution in [0, 0.1) is 0 Å². The maximum absolute atomic E-state index is 11.7. The molecule has 1 heterocycles. The highest BCUT2D eigenvalue weighted by atomic mass is 35.5. The molecule has 20 heavy (non-hydrogen) atoms. The minimum Gasteiger partial charge on any atom is -0.452 e. The Morgan fingerprint density at radius 2 is 2.05 bits per heavy atom. The number of rotatable bonds is 3. The molecular weight excluding hydrogens is 309 g/mol. The lowest BCUT2D eigenvalue weighted by molar-refractivity contribution is -0.131. The standard InChI is InChI=1S/C12H9Cl2NO5/c13-8-2-1-7(5-9(8)14)11(17)20-6-10(16)15-3-4-19-12(15)18/h1-2,5H,3-4,6H2. The second-order valence-electron chi connectivity index (χ2n) is 3.86. The van der Waals surface area contributed by atoms with Crippen molar-refractivity contribution in [3.8, 4) is 0 Å². The van der Waals surface area contributed by atoms with Gasteiger partial charge >= 0.3 is 12.1 Å². The van der Waals surface area contributed by atoms with E-state index in [-0.39, 0.29) is 23.7 Å². The third-order valence-electron chi connectivity index (χ3n) is 2.54. The second kappa shape index (κ2) is 6.11. The van der Waals surface area contributed by atoms with Gasteiger partial charge < -0.3 is 9.47 Å². The molecule has 2 amide bonds. The molecule has 1 aromatic rings. The van der Waals surface area contributed by atoms with Crippen molar-refractivity contribution in [3.63, 3.8) is 0 Å². The number of imide groups is 1. The summed E-state index contributed by atoms with van der Waals surface area (Å²) in [6.07, 6.45) is -0.736. The number of hydrogen-bond donors (Lipinski definition) is 0. The average Bonchev–Trinajstić information content (AvgIpc) is 2.85. The van der Waals surface area contributed by atoms with E-state index >= 15 is 0 Å². The molecule has 0 N–H and O–H groups in total. The first-order chi connectivity index (χ1) is 9.49. The van der Waals surface area contributed by atoms with E-state index in [0.29, 0.717) is 5.02 Å². The zero-order chi connectivity index (χ0) is 14.7. The predicted molar refractivity (Wildman–Crippen MR) is 69.8 cm³/mol. The molecule has 8 heteroatoms. The topological polar surface area (TPSA) is 72.9 Å². The van der Waals surface area contributed by atoms with Gasteiger partial charge in [0.2, 0.25) is 0 Å². The second-order valence-corrected chi connectivity index (χ2v) is 4.68. The molecule has 1 aliphatic rings. The molecule has 1 aromatic carbocycles. The fraction of sp³-hybridized carbons (Fsp3) is 0.250. The first kappa shape index (κ1) is 14.6. The van der Waals surface area contributed by atoms with E-state index in [1.54, 1.807) is 0 Å². The highest BCUT2D eigenvalue weighted by Gasteiger charge is 2.29. The van der Waals surface area contributed by atoms with Gasteiger partial charge in [-0.2, -0.15) is 0 Å². The number of esters is 1. The van der Waals surface area contributed by atoms with Crippen molar-refractivity contribution in [2.45, 2.75) is 0 Å². The van der Waals surface area contributed by atoms with Gasteiger partial charge in [-0.25, -0.2) is 14.5 Å². The SMILES string of the molecule is O=C(OCC(=O)N1CCOC1=O)c1ccc(Cl)c(Cl)c1. The Morgan fingerprint density at radius 3 is 2.65 bits per heavy atom. The van der Waals surface area contributed by atoms with Gasteiger partial charge in [0.25, 0.3) is 5.91 Å². The van der Waals surface area contributed by atoms with Gasteiger partial charge in [-0.15, -0.1) is 0 Å². The lowest BCUT2D eigenvalue weighted by Crippen LogP contribution is -2.35. The molecule has 0 unspecified atom stereocenters. The molecule has 0 bridgehead atoms. The van der Waals surface area contributed by atoms with E-state index < -0.39 is 24.6 Å². The Morgan fingerprint density at radius 1 is 1.30 bits per heavy atom. The number of benzene rings is 1. The van der Waals surface area contributed by atoms with Crippen LogP contribution < -0.4 is 0 Å². The van der Waals surface area contributed by atoms with E-state index in [2.05, 4.69) is 4.74 Å². The van der Waals surface area contributed by atoms with Crippen LogP contribution in [0.2, 0.25) is 10.0 Å². The van der Waals surface area contributed by atoms with Crippen LogP contribution in [0.15, 0.2) is 18.2 Å². The van der Waals surface area contributed by atoms with Crippen LogP contribution in [0.1, 0.15) is 10.4 Å². The number of amides is 2. The van der Waals surface area contributed by atoms with Crippen molar-refractivity contribution in [2.75, 3.05) is 19.8 Å². The minimum absolute atomic E-state index is 0.144. The summed E-state index contributed by atoms with van der Waals surface area (Å²) in [5, 5.41) is 0.509. The summed E-state index contributed by atoms with van der Waals surface area (Å²) in [6, 6.07) is 4.20. The number of ether oxygens (including phenoxy) is 2. The van der Waals surface area contributed by atoms with Crippen LogP contribution >= 0.6 is 23.2 Å². The summed E-state index contributed by atoms with van der Waals surface area (Å²) in [7, 11) is 0. The normalized spacial score (nSPS) is 14.1. The van der Waals surface area contributed by atoms with E-state index in [4.69, 9.17) is 27.9 Å². The Balaban J connectivity index is 1.93. The van der Waals surface area contributed by atoms with Crippen molar-refractivity contribution < 1.29 is 23.9 Å². The Hall–Kier alpha value is -1.79. The highest BCUT2D eigenvalue weighted by Crippen LogP contribution is 2.22. The van der Waals surface area contributed by atoms with Gasteiger partial charge in [0.15, 0.2) is 6.61 Å². The summed E-state index contributed by atoms with van der Waals surface area (Å²) in [6.45, 7) is -0.249. The Kier molecular flexibility index (Phi) is 4.46. The predicted octanol–water partition coefficient (Wildman–Crippen LogP) is 2.13. The molecular formula is C12H9Cl2NO5. The van der Waals surface area contributed by atoms with Crippen LogP contribution in [-0.4, -0.2) is 42.6 Å². The number of nitrogens with zero attached hydrogens (tertiary/aromatic N) is 1. The molecule has 106 valence electrons. The number of hydrogen-bond acceptors (Lipinski definition) is 5. The number of halogens is 2. The van der Waals surface area contributed by atoms with E-state index in [1.807, 2.05) is 0 Å². The van der Waals surface area contributed by atoms with Gasteiger partial charge in [0.1, 0.15) is 6.61 Å². The molecule has 0 saturated carbocycles. The smallest absolute Gasteiger partial charge is 0.416 e. The summed E-state index contributed by atoms with van der Waals surface area (Å²) >= 11 is 11.5. The first-order valence-corrected chi connectivity index (χ1v) is 6.34. The van der Waals surface area contributed by atoms with Crippen LogP contribution in [0.25, 0.3) is 0 Å². The summed E-state index contributed by atoms with van der Waals surface area (Å²) in [4.78, 5) is 35.3. The third kappa shape index (κ3) is 3.20. The molecule has 0 aromatic heterocycles. The fourth-order valence-electron chi connectivity index (χ4n) is 1.53. The van der Waals surface area contributed by atoms with Gasteiger partial charge in [-0.1, -0.05) is 23.2 Å². The largest absolute Gasteiger partial charge is 0.452 e. The van der Waals surface area contributed by atoms with Crippen LogP contribution in [0.5, 0.6) is 0 Å².